The van der Waals surface area contributed by atoms with Crippen LogP contribution in [0, 0.1) is 0 Å². The van der Waals surface area contributed by atoms with Crippen LogP contribution in [0.15, 0.2) is 44.6 Å². The Labute approximate surface area is 141 Å². The quantitative estimate of drug-likeness (QED) is 0.627. The number of allylic oxidation sites excluding steroid dienone is 8. The summed E-state index contributed by atoms with van der Waals surface area (Å²) in [4.78, 5) is 0. The molecule has 2 aliphatic carbocycles. The Morgan fingerprint density at radius 2 is 0.727 bits per heavy atom. The van der Waals surface area contributed by atoms with Gasteiger partial charge < -0.3 is 0 Å². The van der Waals surface area contributed by atoms with E-state index in [4.69, 9.17) is 0 Å². The molecule has 0 aromatic heterocycles. The minimum atomic E-state index is -1.21. The molecular formula is C20H31CoO. The van der Waals surface area contributed by atoms with Gasteiger partial charge in [0.15, 0.2) is 0 Å². The second-order valence-corrected chi connectivity index (χ2v) is 9.96. The average Bonchev–Trinajstić information content (AvgIpc) is 2.75. The van der Waals surface area contributed by atoms with Gasteiger partial charge >= 0.3 is 141 Å². The Kier molecular flexibility index (Phi) is 4.22. The molecule has 22 heavy (non-hydrogen) atoms. The summed E-state index contributed by atoms with van der Waals surface area (Å²) in [6.07, 6.45) is 0. The van der Waals surface area contributed by atoms with Crippen LogP contribution < -0.4 is 0 Å². The molecule has 2 aliphatic rings. The molecule has 2 heteroatoms. The topological polar surface area (TPSA) is 20.2 Å². The van der Waals surface area contributed by atoms with Crippen LogP contribution in [-0.2, 0) is 14.0 Å². The Bertz CT molecular complexity index is 564. The van der Waals surface area contributed by atoms with E-state index < -0.39 is 14.0 Å². The van der Waals surface area contributed by atoms with E-state index in [1.807, 2.05) is 0 Å². The van der Waals surface area contributed by atoms with Crippen LogP contribution in [0.25, 0.3) is 0 Å². The van der Waals surface area contributed by atoms with Crippen molar-refractivity contribution in [1.29, 1.82) is 0 Å². The van der Waals surface area contributed by atoms with Crippen molar-refractivity contribution in [1.82, 2.24) is 0 Å². The van der Waals surface area contributed by atoms with Gasteiger partial charge in [-0.15, -0.1) is 0 Å². The molecule has 0 aliphatic heterocycles. The van der Waals surface area contributed by atoms with E-state index in [-0.39, 0.29) is 8.70 Å². The van der Waals surface area contributed by atoms with Crippen molar-refractivity contribution in [2.45, 2.75) is 77.9 Å². The molecule has 1 nitrogen and oxygen atoms in total. The Hall–Kier alpha value is -0.574. The van der Waals surface area contributed by atoms with Gasteiger partial charge in [-0.1, -0.05) is 0 Å². The average molecular weight is 346 g/mol. The van der Waals surface area contributed by atoms with Crippen LogP contribution in [0.1, 0.15) is 69.2 Å². The molecule has 2 rings (SSSR count). The molecule has 0 aromatic carbocycles. The zero-order valence-corrected chi connectivity index (χ0v) is 16.8. The maximum atomic E-state index is 11.6. The fourth-order valence-corrected chi connectivity index (χ4v) is 7.17. The molecule has 0 saturated carbocycles. The first-order valence-electron chi connectivity index (χ1n) is 7.98. The summed E-state index contributed by atoms with van der Waals surface area (Å²) in [5.41, 5.74) is 10.8. The van der Waals surface area contributed by atoms with Gasteiger partial charge in [-0.2, -0.15) is 0 Å². The van der Waals surface area contributed by atoms with Gasteiger partial charge in [-0.3, -0.25) is 0 Å². The Morgan fingerprint density at radius 3 is 0.909 bits per heavy atom. The van der Waals surface area contributed by atoms with Crippen LogP contribution in [0.3, 0.4) is 0 Å². The number of rotatable bonds is 2. The molecule has 0 atom stereocenters. The fourth-order valence-electron chi connectivity index (χ4n) is 3.87. The monoisotopic (exact) mass is 346 g/mol. The fraction of sp³-hybridized carbons (Fsp3) is 0.600. The molecular weight excluding hydrogens is 315 g/mol. The molecule has 0 aromatic rings. The molecule has 0 spiro atoms. The van der Waals surface area contributed by atoms with Crippen molar-refractivity contribution < 1.29 is 18.2 Å². The predicted molar refractivity (Wildman–Crippen MR) is 92.4 cm³/mol. The van der Waals surface area contributed by atoms with E-state index in [0.717, 1.165) is 0 Å². The molecule has 0 amide bonds. The van der Waals surface area contributed by atoms with E-state index in [1.54, 1.807) is 0 Å². The van der Waals surface area contributed by atoms with Crippen molar-refractivity contribution in [2.75, 3.05) is 0 Å². The van der Waals surface area contributed by atoms with E-state index in [0.29, 0.717) is 0 Å². The van der Waals surface area contributed by atoms with Crippen molar-refractivity contribution in [3.8, 4) is 0 Å². The molecule has 126 valence electrons. The molecule has 0 radical (unpaired) electrons. The first-order valence-corrected chi connectivity index (χ1v) is 9.49. The molecule has 1 N–H and O–H groups in total. The van der Waals surface area contributed by atoms with Gasteiger partial charge in [0.2, 0.25) is 0 Å². The van der Waals surface area contributed by atoms with E-state index >= 15 is 0 Å². The SMILES string of the molecule is CC1=C(C)[C](C)([Co]([OH])[C]2(C)C(C)=C(C)C(C)=C2C)C(C)=C1C. The zero-order valence-electron chi connectivity index (χ0n) is 15.8. The van der Waals surface area contributed by atoms with Crippen LogP contribution in [-0.4, -0.2) is 4.22 Å². The van der Waals surface area contributed by atoms with Gasteiger partial charge in [-0.05, 0) is 0 Å². The van der Waals surface area contributed by atoms with E-state index in [1.165, 1.54) is 44.6 Å². The Balaban J connectivity index is 2.66. The van der Waals surface area contributed by atoms with E-state index in [2.05, 4.69) is 69.2 Å². The summed E-state index contributed by atoms with van der Waals surface area (Å²) in [7, 11) is 0. The van der Waals surface area contributed by atoms with Crippen LogP contribution >= 0.6 is 0 Å². The van der Waals surface area contributed by atoms with Crippen LogP contribution in [0.2, 0.25) is 8.70 Å². The molecule has 0 heterocycles. The second kappa shape index (κ2) is 5.22. The first-order chi connectivity index (χ1) is 9.93. The summed E-state index contributed by atoms with van der Waals surface area (Å²) in [5.74, 6) is 0. The van der Waals surface area contributed by atoms with Gasteiger partial charge in [0, 0.05) is 0 Å². The first kappa shape index (κ1) is 17.8. The standard InChI is InChI=1S/2C10H15.Co.H2O/c2*1-6-7(2)9(4)10(5)8(6)3;;/h2*1-5H3;;1H2/q;;+1;/p-1. The van der Waals surface area contributed by atoms with E-state index in [9.17, 15) is 4.22 Å². The van der Waals surface area contributed by atoms with Gasteiger partial charge in [0.1, 0.15) is 0 Å². The Morgan fingerprint density at radius 1 is 0.545 bits per heavy atom. The zero-order chi connectivity index (χ0) is 17.2. The van der Waals surface area contributed by atoms with Crippen molar-refractivity contribution in [3.63, 3.8) is 0 Å². The maximum absolute atomic E-state index is 11.6. The van der Waals surface area contributed by atoms with Crippen LogP contribution in [0.4, 0.5) is 0 Å². The van der Waals surface area contributed by atoms with Gasteiger partial charge in [-0.25, -0.2) is 0 Å². The molecule has 0 unspecified atom stereocenters. The number of hydrogen-bond donors (Lipinski definition) is 1. The summed E-state index contributed by atoms with van der Waals surface area (Å²) in [6, 6.07) is 0. The van der Waals surface area contributed by atoms with Gasteiger partial charge in [0.05, 0.1) is 0 Å². The van der Waals surface area contributed by atoms with Crippen LogP contribution in [0.5, 0.6) is 0 Å². The predicted octanol–water partition coefficient (Wildman–Crippen LogP) is 6.24. The van der Waals surface area contributed by atoms with Crippen molar-refractivity contribution >= 4 is 0 Å². The van der Waals surface area contributed by atoms with Crippen molar-refractivity contribution in [2.24, 2.45) is 0 Å². The van der Waals surface area contributed by atoms with Gasteiger partial charge in [0.25, 0.3) is 0 Å². The molecule has 0 bridgehead atoms. The summed E-state index contributed by atoms with van der Waals surface area (Å²) >= 11 is -1.21. The minimum absolute atomic E-state index is 0.219. The molecule has 0 fully saturated rings. The summed E-state index contributed by atoms with van der Waals surface area (Å²) < 4.78 is 11.2. The summed E-state index contributed by atoms with van der Waals surface area (Å²) in [6.45, 7) is 22.1. The number of hydrogen-bond acceptors (Lipinski definition) is 1. The third-order valence-corrected chi connectivity index (χ3v) is 10.3. The third-order valence-electron chi connectivity index (χ3n) is 6.76. The summed E-state index contributed by atoms with van der Waals surface area (Å²) in [5, 5.41) is 0. The molecule has 0 saturated heterocycles. The van der Waals surface area contributed by atoms with Crippen molar-refractivity contribution in [3.05, 3.63) is 44.6 Å². The normalized spacial score (nSPS) is 25.0. The third kappa shape index (κ3) is 1.87. The second-order valence-electron chi connectivity index (χ2n) is 7.15.